The molecule has 0 unspecified atom stereocenters. The molecule has 0 aromatic carbocycles. The molecule has 0 aliphatic heterocycles. The van der Waals surface area contributed by atoms with Gasteiger partial charge in [0.2, 0.25) is 0 Å². The number of nitrogens with zero attached hydrogens (tertiary/aromatic N) is 3. The van der Waals surface area contributed by atoms with Crippen LogP contribution < -0.4 is 0 Å². The Labute approximate surface area is 71.6 Å². The van der Waals surface area contributed by atoms with Crippen LogP contribution in [0.15, 0.2) is 0 Å². The van der Waals surface area contributed by atoms with Crippen LogP contribution in [0.2, 0.25) is 0 Å². The second-order valence-corrected chi connectivity index (χ2v) is 3.26. The van der Waals surface area contributed by atoms with Gasteiger partial charge >= 0.3 is 0 Å². The van der Waals surface area contributed by atoms with Crippen molar-refractivity contribution in [3.05, 3.63) is 11.4 Å². The van der Waals surface area contributed by atoms with Crippen molar-refractivity contribution in [3.63, 3.8) is 0 Å². The summed E-state index contributed by atoms with van der Waals surface area (Å²) < 4.78 is 1.66. The third-order valence-electron chi connectivity index (χ3n) is 1.69. The summed E-state index contributed by atoms with van der Waals surface area (Å²) in [5, 5.41) is 7.51. The molecule has 1 aromatic rings. The molecule has 0 atom stereocenters. The summed E-state index contributed by atoms with van der Waals surface area (Å²) in [6, 6.07) is 0. The van der Waals surface area contributed by atoms with Gasteiger partial charge in [-0.3, -0.25) is 9.48 Å². The number of carbonyl (C=O) groups is 1. The second-order valence-electron chi connectivity index (χ2n) is 3.26. The van der Waals surface area contributed by atoms with Gasteiger partial charge in [0.15, 0.2) is 6.29 Å². The van der Waals surface area contributed by atoms with Gasteiger partial charge < -0.3 is 0 Å². The lowest BCUT2D eigenvalue weighted by molar-refractivity contribution is 0.111. The Bertz CT molecular complexity index is 278. The number of aldehydes is 1. The Hall–Kier alpha value is -1.19. The van der Waals surface area contributed by atoms with Crippen molar-refractivity contribution in [3.8, 4) is 0 Å². The van der Waals surface area contributed by atoms with Crippen molar-refractivity contribution in [2.75, 3.05) is 0 Å². The number of hydrogen-bond acceptors (Lipinski definition) is 3. The first-order valence-electron chi connectivity index (χ1n) is 3.99. The summed E-state index contributed by atoms with van der Waals surface area (Å²) in [7, 11) is 1.80. The van der Waals surface area contributed by atoms with E-state index in [0.29, 0.717) is 11.6 Å². The second kappa shape index (κ2) is 3.47. The summed E-state index contributed by atoms with van der Waals surface area (Å²) >= 11 is 0. The lowest BCUT2D eigenvalue weighted by Gasteiger charge is -2.03. The molecule has 0 aliphatic carbocycles. The fourth-order valence-electron chi connectivity index (χ4n) is 1.11. The Morgan fingerprint density at radius 1 is 1.58 bits per heavy atom. The van der Waals surface area contributed by atoms with E-state index in [2.05, 4.69) is 24.2 Å². The number of rotatable bonds is 3. The first-order valence-corrected chi connectivity index (χ1v) is 3.99. The molecular weight excluding hydrogens is 154 g/mol. The van der Waals surface area contributed by atoms with Crippen LogP contribution in [0.25, 0.3) is 0 Å². The lowest BCUT2D eigenvalue weighted by Crippen LogP contribution is -2.04. The van der Waals surface area contributed by atoms with Gasteiger partial charge in [0.25, 0.3) is 0 Å². The fourth-order valence-corrected chi connectivity index (χ4v) is 1.11. The van der Waals surface area contributed by atoms with E-state index in [4.69, 9.17) is 0 Å². The van der Waals surface area contributed by atoms with Crippen molar-refractivity contribution < 1.29 is 4.79 Å². The standard InChI is InChI=1S/C8H13N3O/c1-6(2)4-8-7(5-12)9-10-11(8)3/h5-6H,4H2,1-3H3. The minimum absolute atomic E-state index is 0.464. The summed E-state index contributed by atoms with van der Waals surface area (Å²) in [6.07, 6.45) is 1.60. The van der Waals surface area contributed by atoms with E-state index in [-0.39, 0.29) is 0 Å². The average Bonchev–Trinajstić information content (AvgIpc) is 2.32. The number of carbonyl (C=O) groups excluding carboxylic acids is 1. The quantitative estimate of drug-likeness (QED) is 0.626. The molecule has 4 heteroatoms. The van der Waals surface area contributed by atoms with Crippen molar-refractivity contribution in [1.29, 1.82) is 0 Å². The summed E-state index contributed by atoms with van der Waals surface area (Å²) in [4.78, 5) is 10.5. The van der Waals surface area contributed by atoms with Crippen molar-refractivity contribution in [1.82, 2.24) is 15.0 Å². The third kappa shape index (κ3) is 1.69. The normalized spacial score (nSPS) is 10.7. The van der Waals surface area contributed by atoms with Crippen molar-refractivity contribution in [2.45, 2.75) is 20.3 Å². The zero-order valence-electron chi connectivity index (χ0n) is 7.61. The molecule has 0 N–H and O–H groups in total. The SMILES string of the molecule is CC(C)Cc1c(C=O)nnn1C. The number of aromatic nitrogens is 3. The van der Waals surface area contributed by atoms with Crippen LogP contribution in [-0.4, -0.2) is 21.3 Å². The highest BCUT2D eigenvalue weighted by Gasteiger charge is 2.10. The molecular formula is C8H13N3O. The molecule has 0 radical (unpaired) electrons. The van der Waals surface area contributed by atoms with Gasteiger partial charge in [0, 0.05) is 7.05 Å². The average molecular weight is 167 g/mol. The van der Waals surface area contributed by atoms with E-state index in [9.17, 15) is 4.79 Å². The molecule has 4 nitrogen and oxygen atoms in total. The van der Waals surface area contributed by atoms with Crippen LogP contribution in [0.3, 0.4) is 0 Å². The van der Waals surface area contributed by atoms with E-state index in [1.807, 2.05) is 0 Å². The number of hydrogen-bond donors (Lipinski definition) is 0. The first kappa shape index (κ1) is 8.90. The molecule has 0 saturated carbocycles. The Balaban J connectivity index is 2.94. The van der Waals surface area contributed by atoms with Gasteiger partial charge in [-0.25, -0.2) is 0 Å². The molecule has 12 heavy (non-hydrogen) atoms. The van der Waals surface area contributed by atoms with Crippen molar-refractivity contribution in [2.24, 2.45) is 13.0 Å². The zero-order valence-corrected chi connectivity index (χ0v) is 7.61. The molecule has 0 fully saturated rings. The van der Waals surface area contributed by atoms with Gasteiger partial charge in [-0.1, -0.05) is 19.1 Å². The van der Waals surface area contributed by atoms with Gasteiger partial charge in [-0.2, -0.15) is 0 Å². The van der Waals surface area contributed by atoms with E-state index in [0.717, 1.165) is 18.4 Å². The Kier molecular flexibility index (Phi) is 2.58. The zero-order chi connectivity index (χ0) is 9.14. The van der Waals surface area contributed by atoms with Crippen molar-refractivity contribution >= 4 is 6.29 Å². The topological polar surface area (TPSA) is 47.8 Å². The molecule has 1 rings (SSSR count). The molecule has 0 amide bonds. The summed E-state index contributed by atoms with van der Waals surface area (Å²) in [5.74, 6) is 0.515. The predicted molar refractivity (Wildman–Crippen MR) is 44.9 cm³/mol. The van der Waals surface area contributed by atoms with Crippen LogP contribution in [-0.2, 0) is 13.5 Å². The van der Waals surface area contributed by atoms with Crippen LogP contribution in [0.4, 0.5) is 0 Å². The third-order valence-corrected chi connectivity index (χ3v) is 1.69. The molecule has 0 bridgehead atoms. The predicted octanol–water partition coefficient (Wildman–Crippen LogP) is 0.826. The van der Waals surface area contributed by atoms with E-state index < -0.39 is 0 Å². The molecule has 0 spiro atoms. The fraction of sp³-hybridized carbons (Fsp3) is 0.625. The molecule has 0 saturated heterocycles. The highest BCUT2D eigenvalue weighted by molar-refractivity contribution is 5.73. The molecule has 1 aromatic heterocycles. The highest BCUT2D eigenvalue weighted by atomic mass is 16.1. The maximum atomic E-state index is 10.5. The molecule has 1 heterocycles. The van der Waals surface area contributed by atoms with Crippen LogP contribution >= 0.6 is 0 Å². The minimum Gasteiger partial charge on any atom is -0.296 e. The maximum absolute atomic E-state index is 10.5. The smallest absolute Gasteiger partial charge is 0.172 e. The summed E-state index contributed by atoms with van der Waals surface area (Å²) in [5.41, 5.74) is 1.38. The van der Waals surface area contributed by atoms with Crippen LogP contribution in [0.5, 0.6) is 0 Å². The number of aryl methyl sites for hydroxylation is 1. The Morgan fingerprint density at radius 3 is 2.75 bits per heavy atom. The Morgan fingerprint density at radius 2 is 2.25 bits per heavy atom. The first-order chi connectivity index (χ1) is 5.65. The maximum Gasteiger partial charge on any atom is 0.172 e. The van der Waals surface area contributed by atoms with E-state index >= 15 is 0 Å². The lowest BCUT2D eigenvalue weighted by atomic mass is 10.1. The minimum atomic E-state index is 0.464. The van der Waals surface area contributed by atoms with Crippen LogP contribution in [0, 0.1) is 5.92 Å². The van der Waals surface area contributed by atoms with Gasteiger partial charge in [-0.15, -0.1) is 5.10 Å². The molecule has 0 aliphatic rings. The summed E-state index contributed by atoms with van der Waals surface area (Å²) in [6.45, 7) is 4.20. The monoisotopic (exact) mass is 167 g/mol. The highest BCUT2D eigenvalue weighted by Crippen LogP contribution is 2.08. The van der Waals surface area contributed by atoms with Crippen LogP contribution in [0.1, 0.15) is 30.0 Å². The van der Waals surface area contributed by atoms with E-state index in [1.165, 1.54) is 0 Å². The molecule has 66 valence electrons. The largest absolute Gasteiger partial charge is 0.296 e. The van der Waals surface area contributed by atoms with Gasteiger partial charge in [0.1, 0.15) is 5.69 Å². The van der Waals surface area contributed by atoms with Gasteiger partial charge in [0.05, 0.1) is 5.69 Å². The van der Waals surface area contributed by atoms with Gasteiger partial charge in [-0.05, 0) is 12.3 Å². The van der Waals surface area contributed by atoms with E-state index in [1.54, 1.807) is 11.7 Å².